The molecule has 0 radical (unpaired) electrons. The van der Waals surface area contributed by atoms with Crippen LogP contribution >= 0.6 is 0 Å². The number of hydrogen-bond donors (Lipinski definition) is 1. The van der Waals surface area contributed by atoms with Crippen LogP contribution in [0.4, 0.5) is 0 Å². The maximum atomic E-state index is 11.4. The second-order valence-electron chi connectivity index (χ2n) is 6.03. The molecule has 0 saturated carbocycles. The van der Waals surface area contributed by atoms with E-state index in [9.17, 15) is 9.59 Å². The maximum absolute atomic E-state index is 11.4. The van der Waals surface area contributed by atoms with Crippen molar-refractivity contribution in [3.63, 3.8) is 0 Å². The molecular weight excluding hydrogens is 278 g/mol. The highest BCUT2D eigenvalue weighted by Gasteiger charge is 2.02. The average Bonchev–Trinajstić information content (AvgIpc) is 2.49. The molecule has 0 aromatic heterocycles. The molecule has 0 fully saturated rings. The van der Waals surface area contributed by atoms with Crippen LogP contribution in [0.2, 0.25) is 0 Å². The van der Waals surface area contributed by atoms with E-state index in [4.69, 9.17) is 4.74 Å². The van der Waals surface area contributed by atoms with Crippen molar-refractivity contribution in [1.29, 1.82) is 0 Å². The van der Waals surface area contributed by atoms with Gasteiger partial charge in [-0.05, 0) is 13.3 Å². The number of ether oxygens (including phenoxy) is 1. The van der Waals surface area contributed by atoms with Crippen LogP contribution < -0.4 is 5.32 Å². The lowest BCUT2D eigenvalue weighted by Gasteiger charge is -2.05. The minimum atomic E-state index is -0.174. The third-order valence-corrected chi connectivity index (χ3v) is 3.64. The molecule has 0 bridgehead atoms. The van der Waals surface area contributed by atoms with Crippen molar-refractivity contribution in [3.05, 3.63) is 0 Å². The normalized spacial score (nSPS) is 10.6. The van der Waals surface area contributed by atoms with Crippen LogP contribution in [-0.2, 0) is 14.3 Å². The zero-order valence-corrected chi connectivity index (χ0v) is 14.6. The van der Waals surface area contributed by atoms with Crippen LogP contribution in [0.3, 0.4) is 0 Å². The summed E-state index contributed by atoms with van der Waals surface area (Å²) in [5, 5.41) is 2.91. The van der Waals surface area contributed by atoms with Crippen molar-refractivity contribution in [1.82, 2.24) is 5.32 Å². The summed E-state index contributed by atoms with van der Waals surface area (Å²) in [7, 11) is 0. The van der Waals surface area contributed by atoms with Crippen LogP contribution in [0.5, 0.6) is 0 Å². The predicted octanol–water partition coefficient (Wildman–Crippen LogP) is 4.02. The van der Waals surface area contributed by atoms with E-state index in [1.165, 1.54) is 58.3 Å². The van der Waals surface area contributed by atoms with Crippen molar-refractivity contribution >= 4 is 11.8 Å². The van der Waals surface area contributed by atoms with Gasteiger partial charge in [-0.1, -0.05) is 64.7 Å². The second kappa shape index (κ2) is 16.5. The van der Waals surface area contributed by atoms with E-state index < -0.39 is 0 Å². The highest BCUT2D eigenvalue weighted by Crippen LogP contribution is 2.10. The van der Waals surface area contributed by atoms with Crippen molar-refractivity contribution in [2.24, 2.45) is 0 Å². The minimum Gasteiger partial charge on any atom is -0.466 e. The van der Waals surface area contributed by atoms with Gasteiger partial charge in [0.15, 0.2) is 0 Å². The standard InChI is InChI=1S/C18H35NO3/c1-3-4-5-6-7-8-9-10-11-12-15-22-18(21)13-14-19-16-17(2)20/h19H,3-16H2,1-2H3. The van der Waals surface area contributed by atoms with E-state index in [-0.39, 0.29) is 11.8 Å². The largest absolute Gasteiger partial charge is 0.466 e. The highest BCUT2D eigenvalue weighted by molar-refractivity contribution is 5.77. The van der Waals surface area contributed by atoms with Crippen molar-refractivity contribution < 1.29 is 14.3 Å². The Bertz CT molecular complexity index is 280. The van der Waals surface area contributed by atoms with Gasteiger partial charge >= 0.3 is 5.97 Å². The summed E-state index contributed by atoms with van der Waals surface area (Å²) in [6, 6.07) is 0. The van der Waals surface area contributed by atoms with Gasteiger partial charge in [0, 0.05) is 6.54 Å². The molecular formula is C18H35NO3. The lowest BCUT2D eigenvalue weighted by Crippen LogP contribution is -2.24. The van der Waals surface area contributed by atoms with E-state index >= 15 is 0 Å². The quantitative estimate of drug-likeness (QED) is 0.345. The van der Waals surface area contributed by atoms with Crippen molar-refractivity contribution in [3.8, 4) is 0 Å². The zero-order chi connectivity index (χ0) is 16.5. The van der Waals surface area contributed by atoms with Crippen LogP contribution in [0.1, 0.15) is 84.5 Å². The smallest absolute Gasteiger partial charge is 0.307 e. The first-order chi connectivity index (χ1) is 10.7. The lowest BCUT2D eigenvalue weighted by atomic mass is 10.1. The fraction of sp³-hybridized carbons (Fsp3) is 0.889. The predicted molar refractivity (Wildman–Crippen MR) is 91.0 cm³/mol. The van der Waals surface area contributed by atoms with Gasteiger partial charge in [-0.2, -0.15) is 0 Å². The Hall–Kier alpha value is -0.900. The molecule has 0 amide bonds. The van der Waals surface area contributed by atoms with Gasteiger partial charge in [-0.25, -0.2) is 0 Å². The first-order valence-electron chi connectivity index (χ1n) is 9.02. The number of carbonyl (C=O) groups excluding carboxylic acids is 2. The molecule has 0 aliphatic heterocycles. The Balaban J connectivity index is 3.15. The molecule has 0 atom stereocenters. The van der Waals surface area contributed by atoms with Gasteiger partial charge in [-0.3, -0.25) is 9.59 Å². The van der Waals surface area contributed by atoms with E-state index in [0.29, 0.717) is 26.1 Å². The van der Waals surface area contributed by atoms with Crippen LogP contribution in [0.25, 0.3) is 0 Å². The van der Waals surface area contributed by atoms with Gasteiger partial charge in [0.1, 0.15) is 5.78 Å². The molecule has 0 saturated heterocycles. The molecule has 0 aliphatic carbocycles. The van der Waals surface area contributed by atoms with Crippen molar-refractivity contribution in [2.75, 3.05) is 19.7 Å². The Morgan fingerprint density at radius 3 is 1.95 bits per heavy atom. The van der Waals surface area contributed by atoms with Gasteiger partial charge in [0.2, 0.25) is 0 Å². The second-order valence-corrected chi connectivity index (χ2v) is 6.03. The summed E-state index contributed by atoms with van der Waals surface area (Å²) in [6.07, 6.45) is 13.1. The molecule has 4 nitrogen and oxygen atoms in total. The molecule has 4 heteroatoms. The van der Waals surface area contributed by atoms with Gasteiger partial charge in [-0.15, -0.1) is 0 Å². The summed E-state index contributed by atoms with van der Waals surface area (Å²) >= 11 is 0. The Kier molecular flexibility index (Phi) is 15.8. The number of unbranched alkanes of at least 4 members (excludes halogenated alkanes) is 9. The maximum Gasteiger partial charge on any atom is 0.307 e. The summed E-state index contributed by atoms with van der Waals surface area (Å²) in [5.74, 6) is -0.0919. The minimum absolute atomic E-state index is 0.0822. The number of rotatable bonds is 16. The van der Waals surface area contributed by atoms with E-state index in [1.54, 1.807) is 0 Å². The summed E-state index contributed by atoms with van der Waals surface area (Å²) in [6.45, 7) is 5.14. The lowest BCUT2D eigenvalue weighted by molar-refractivity contribution is -0.143. The molecule has 1 N–H and O–H groups in total. The fourth-order valence-electron chi connectivity index (χ4n) is 2.30. The molecule has 0 aromatic rings. The monoisotopic (exact) mass is 313 g/mol. The first kappa shape index (κ1) is 21.1. The Labute approximate surface area is 136 Å². The fourth-order valence-corrected chi connectivity index (χ4v) is 2.30. The van der Waals surface area contributed by atoms with Gasteiger partial charge in [0.25, 0.3) is 0 Å². The molecule has 130 valence electrons. The Morgan fingerprint density at radius 1 is 0.864 bits per heavy atom. The average molecular weight is 313 g/mol. The van der Waals surface area contributed by atoms with Crippen molar-refractivity contribution in [2.45, 2.75) is 84.5 Å². The molecule has 0 spiro atoms. The third-order valence-electron chi connectivity index (χ3n) is 3.64. The number of nitrogens with one attached hydrogen (secondary N) is 1. The number of ketones is 1. The Morgan fingerprint density at radius 2 is 1.41 bits per heavy atom. The highest BCUT2D eigenvalue weighted by atomic mass is 16.5. The van der Waals surface area contributed by atoms with Crippen LogP contribution in [0.15, 0.2) is 0 Å². The van der Waals surface area contributed by atoms with E-state index in [1.807, 2.05) is 0 Å². The molecule has 0 heterocycles. The number of esters is 1. The topological polar surface area (TPSA) is 55.4 Å². The summed E-state index contributed by atoms with van der Waals surface area (Å²) in [5.41, 5.74) is 0. The summed E-state index contributed by atoms with van der Waals surface area (Å²) in [4.78, 5) is 22.1. The van der Waals surface area contributed by atoms with Gasteiger partial charge < -0.3 is 10.1 Å². The first-order valence-corrected chi connectivity index (χ1v) is 9.02. The van der Waals surface area contributed by atoms with Crippen LogP contribution in [0, 0.1) is 0 Å². The molecule has 0 rings (SSSR count). The van der Waals surface area contributed by atoms with Gasteiger partial charge in [0.05, 0.1) is 19.6 Å². The molecule has 22 heavy (non-hydrogen) atoms. The number of Topliss-reactive ketones (excluding diaryl/α,β-unsaturated/α-hetero) is 1. The molecule has 0 unspecified atom stereocenters. The molecule has 0 aromatic carbocycles. The SMILES string of the molecule is CCCCCCCCCCCCOC(=O)CCNCC(C)=O. The van der Waals surface area contributed by atoms with E-state index in [2.05, 4.69) is 12.2 Å². The van der Waals surface area contributed by atoms with E-state index in [0.717, 1.165) is 12.8 Å². The molecule has 0 aliphatic rings. The number of carbonyl (C=O) groups is 2. The zero-order valence-electron chi connectivity index (χ0n) is 14.6. The third kappa shape index (κ3) is 17.2. The van der Waals surface area contributed by atoms with Crippen LogP contribution in [-0.4, -0.2) is 31.4 Å². The number of hydrogen-bond acceptors (Lipinski definition) is 4. The summed E-state index contributed by atoms with van der Waals surface area (Å²) < 4.78 is 5.16.